The molecule has 0 aromatic carbocycles. The second-order valence-corrected chi connectivity index (χ2v) is 4.44. The third-order valence-corrected chi connectivity index (χ3v) is 3.41. The maximum atomic E-state index is 11.2. The van der Waals surface area contributed by atoms with Crippen LogP contribution in [-0.2, 0) is 0 Å². The van der Waals surface area contributed by atoms with E-state index in [1.54, 1.807) is 6.26 Å². The minimum Gasteiger partial charge on any atom is -0.439 e. The van der Waals surface area contributed by atoms with Crippen molar-refractivity contribution in [2.75, 3.05) is 0 Å². The van der Waals surface area contributed by atoms with Gasteiger partial charge in [-0.15, -0.1) is 0 Å². The Balaban J connectivity index is 2.32. The van der Waals surface area contributed by atoms with Crippen molar-refractivity contribution < 1.29 is 4.42 Å². The topological polar surface area (TPSA) is 71.8 Å². The zero-order chi connectivity index (χ0) is 10.8. The average molecular weight is 288 g/mol. The molecule has 0 atom stereocenters. The van der Waals surface area contributed by atoms with Crippen LogP contribution in [-0.4, -0.2) is 15.0 Å². The Hall–Kier alpha value is -1.08. The summed E-state index contributed by atoms with van der Waals surface area (Å²) in [6, 6.07) is 0. The molecule has 15 heavy (non-hydrogen) atoms. The number of aromatic amines is 1. The highest BCUT2D eigenvalue weighted by Gasteiger charge is 2.10. The summed E-state index contributed by atoms with van der Waals surface area (Å²) in [5, 5.41) is 0.993. The van der Waals surface area contributed by atoms with Gasteiger partial charge in [-0.2, -0.15) is 0 Å². The van der Waals surface area contributed by atoms with E-state index in [1.165, 1.54) is 18.1 Å². The van der Waals surface area contributed by atoms with Crippen molar-refractivity contribution in [2.45, 2.75) is 17.2 Å². The molecule has 0 radical (unpaired) electrons. The van der Waals surface area contributed by atoms with Gasteiger partial charge in [0.25, 0.3) is 10.8 Å². The van der Waals surface area contributed by atoms with Crippen LogP contribution in [0.25, 0.3) is 0 Å². The molecular weight excluding hydrogens is 282 g/mol. The second-order valence-electron chi connectivity index (χ2n) is 2.71. The van der Waals surface area contributed by atoms with Crippen molar-refractivity contribution >= 4 is 27.7 Å². The Kier molecular flexibility index (Phi) is 2.92. The predicted octanol–water partition coefficient (Wildman–Crippen LogP) is 1.98. The van der Waals surface area contributed by atoms with Crippen LogP contribution < -0.4 is 5.56 Å². The molecule has 0 aliphatic heterocycles. The van der Waals surface area contributed by atoms with Crippen molar-refractivity contribution in [3.63, 3.8) is 0 Å². The molecule has 0 unspecified atom stereocenters. The summed E-state index contributed by atoms with van der Waals surface area (Å²) in [7, 11) is 0. The molecule has 2 rings (SSSR count). The van der Waals surface area contributed by atoms with E-state index in [2.05, 4.69) is 30.9 Å². The van der Waals surface area contributed by atoms with E-state index < -0.39 is 0 Å². The summed E-state index contributed by atoms with van der Waals surface area (Å²) < 4.78 is 5.52. The number of aromatic nitrogens is 3. The molecule has 2 aromatic heterocycles. The average Bonchev–Trinajstić information content (AvgIpc) is 2.59. The maximum Gasteiger partial charge on any atom is 0.266 e. The number of oxazole rings is 1. The van der Waals surface area contributed by atoms with Crippen molar-refractivity contribution in [3.05, 3.63) is 33.1 Å². The number of nitrogens with zero attached hydrogens (tertiary/aromatic N) is 2. The molecule has 0 aliphatic carbocycles. The quantitative estimate of drug-likeness (QED) is 0.855. The number of halogens is 1. The SMILES string of the molecule is Cc1coc(Sc2nc[nH]c(=O)c2Br)n1. The van der Waals surface area contributed by atoms with E-state index >= 15 is 0 Å². The molecule has 2 heterocycles. The van der Waals surface area contributed by atoms with Gasteiger partial charge in [0, 0.05) is 0 Å². The maximum absolute atomic E-state index is 11.2. The molecule has 0 spiro atoms. The van der Waals surface area contributed by atoms with E-state index in [-0.39, 0.29) is 5.56 Å². The number of H-pyrrole nitrogens is 1. The first-order chi connectivity index (χ1) is 7.16. The lowest BCUT2D eigenvalue weighted by atomic mass is 10.6. The summed E-state index contributed by atoms with van der Waals surface area (Å²) in [4.78, 5) is 21.8. The van der Waals surface area contributed by atoms with Crippen LogP contribution in [0.1, 0.15) is 5.69 Å². The van der Waals surface area contributed by atoms with Crippen LogP contribution in [0.5, 0.6) is 0 Å². The van der Waals surface area contributed by atoms with Crippen molar-refractivity contribution in [2.24, 2.45) is 0 Å². The minimum atomic E-state index is -0.226. The molecule has 1 N–H and O–H groups in total. The Morgan fingerprint density at radius 2 is 2.40 bits per heavy atom. The molecule has 78 valence electrons. The van der Waals surface area contributed by atoms with Crippen LogP contribution in [0.3, 0.4) is 0 Å². The molecular formula is C8H6BrN3O2S. The van der Waals surface area contributed by atoms with Crippen molar-refractivity contribution in [1.29, 1.82) is 0 Å². The number of hydrogen-bond acceptors (Lipinski definition) is 5. The molecule has 0 bridgehead atoms. The van der Waals surface area contributed by atoms with Gasteiger partial charge >= 0.3 is 0 Å². The molecule has 0 saturated carbocycles. The highest BCUT2D eigenvalue weighted by atomic mass is 79.9. The van der Waals surface area contributed by atoms with Gasteiger partial charge in [0.15, 0.2) is 0 Å². The molecule has 0 fully saturated rings. The Bertz CT molecular complexity index is 537. The van der Waals surface area contributed by atoms with Crippen LogP contribution in [0.2, 0.25) is 0 Å². The normalized spacial score (nSPS) is 10.5. The molecule has 0 saturated heterocycles. The van der Waals surface area contributed by atoms with E-state index in [0.717, 1.165) is 5.69 Å². The van der Waals surface area contributed by atoms with Crippen molar-refractivity contribution in [3.8, 4) is 0 Å². The van der Waals surface area contributed by atoms with Crippen LogP contribution in [0, 0.1) is 6.92 Å². The molecule has 0 aliphatic rings. The standard InChI is InChI=1S/C8H6BrN3O2S/c1-4-2-14-8(12-4)15-7-5(9)6(13)10-3-11-7/h2-3H,1H3,(H,10,11,13). The minimum absolute atomic E-state index is 0.226. The fraction of sp³-hybridized carbons (Fsp3) is 0.125. The predicted molar refractivity (Wildman–Crippen MR) is 57.9 cm³/mol. The monoisotopic (exact) mass is 287 g/mol. The molecule has 5 nitrogen and oxygen atoms in total. The van der Waals surface area contributed by atoms with Gasteiger partial charge in [0.2, 0.25) is 0 Å². The zero-order valence-corrected chi connectivity index (χ0v) is 10.1. The first kappa shape index (κ1) is 10.4. The van der Waals surface area contributed by atoms with Gasteiger partial charge in [0.1, 0.15) is 15.8 Å². The third kappa shape index (κ3) is 2.29. The first-order valence-electron chi connectivity index (χ1n) is 4.00. The number of aryl methyl sites for hydroxylation is 1. The van der Waals surface area contributed by atoms with Gasteiger partial charge in [-0.25, -0.2) is 9.97 Å². The van der Waals surface area contributed by atoms with Gasteiger partial charge in [-0.05, 0) is 34.6 Å². The lowest BCUT2D eigenvalue weighted by Crippen LogP contribution is -2.07. The van der Waals surface area contributed by atoms with Crippen molar-refractivity contribution in [1.82, 2.24) is 15.0 Å². The van der Waals surface area contributed by atoms with Crippen LogP contribution >= 0.6 is 27.7 Å². The summed E-state index contributed by atoms with van der Waals surface area (Å²) in [5.74, 6) is 0. The summed E-state index contributed by atoms with van der Waals surface area (Å²) >= 11 is 4.34. The van der Waals surface area contributed by atoms with E-state index in [9.17, 15) is 4.79 Å². The third-order valence-electron chi connectivity index (χ3n) is 1.55. The Labute approximate surface area is 97.5 Å². The lowest BCUT2D eigenvalue weighted by Gasteiger charge is -1.96. The molecule has 7 heteroatoms. The van der Waals surface area contributed by atoms with E-state index in [1.807, 2.05) is 6.92 Å². The molecule has 2 aromatic rings. The van der Waals surface area contributed by atoms with Gasteiger partial charge in [0.05, 0.1) is 12.0 Å². The smallest absolute Gasteiger partial charge is 0.266 e. The Morgan fingerprint density at radius 3 is 3.07 bits per heavy atom. The summed E-state index contributed by atoms with van der Waals surface area (Å²) in [6.45, 7) is 1.83. The second kappa shape index (κ2) is 4.19. The van der Waals surface area contributed by atoms with Gasteiger partial charge < -0.3 is 9.40 Å². The number of nitrogens with one attached hydrogen (secondary N) is 1. The van der Waals surface area contributed by atoms with Gasteiger partial charge in [-0.1, -0.05) is 0 Å². The summed E-state index contributed by atoms with van der Waals surface area (Å²) in [6.07, 6.45) is 2.88. The fourth-order valence-corrected chi connectivity index (χ4v) is 2.10. The van der Waals surface area contributed by atoms with Crippen LogP contribution in [0.4, 0.5) is 0 Å². The van der Waals surface area contributed by atoms with Crippen LogP contribution in [0.15, 0.2) is 36.5 Å². The van der Waals surface area contributed by atoms with Gasteiger partial charge in [-0.3, -0.25) is 4.79 Å². The Morgan fingerprint density at radius 1 is 1.60 bits per heavy atom. The zero-order valence-electron chi connectivity index (χ0n) is 7.65. The van der Waals surface area contributed by atoms with E-state index in [0.29, 0.717) is 14.7 Å². The highest BCUT2D eigenvalue weighted by Crippen LogP contribution is 2.28. The highest BCUT2D eigenvalue weighted by molar-refractivity contribution is 9.10. The van der Waals surface area contributed by atoms with E-state index in [4.69, 9.17) is 4.42 Å². The first-order valence-corrected chi connectivity index (χ1v) is 5.61. The number of hydrogen-bond donors (Lipinski definition) is 1. The number of rotatable bonds is 2. The fourth-order valence-electron chi connectivity index (χ4n) is 0.900. The lowest BCUT2D eigenvalue weighted by molar-refractivity contribution is 0.453. The molecule has 0 amide bonds. The largest absolute Gasteiger partial charge is 0.439 e. The summed E-state index contributed by atoms with van der Waals surface area (Å²) in [5.41, 5.74) is 0.564.